The lowest BCUT2D eigenvalue weighted by Gasteiger charge is -2.17. The highest BCUT2D eigenvalue weighted by Gasteiger charge is 2.14. The summed E-state index contributed by atoms with van der Waals surface area (Å²) in [6, 6.07) is 9.78. The Labute approximate surface area is 199 Å². The van der Waals surface area contributed by atoms with E-state index in [0.29, 0.717) is 32.1 Å². The summed E-state index contributed by atoms with van der Waals surface area (Å²) in [5.74, 6) is -0.663. The lowest BCUT2D eigenvalue weighted by molar-refractivity contribution is -0.142. The Morgan fingerprint density at radius 3 is 1.53 bits per heavy atom. The Morgan fingerprint density at radius 2 is 1.03 bits per heavy atom. The molecule has 10 heteroatoms. The Bertz CT molecular complexity index is 735. The summed E-state index contributed by atoms with van der Waals surface area (Å²) in [6.45, 7) is 3.57. The number of rotatable bonds is 16. The lowest BCUT2D eigenvalue weighted by Crippen LogP contribution is -2.14. The van der Waals surface area contributed by atoms with Gasteiger partial charge in [0, 0.05) is 26.7 Å². The predicted octanol–water partition coefficient (Wildman–Crippen LogP) is 4.15. The number of hydrogen-bond acceptors (Lipinski definition) is 10. The van der Waals surface area contributed by atoms with Crippen LogP contribution in [-0.2, 0) is 38.0 Å². The second-order valence-corrected chi connectivity index (χ2v) is 7.32. The molecule has 0 aromatic heterocycles. The van der Waals surface area contributed by atoms with Gasteiger partial charge in [-0.05, 0) is 30.7 Å². The van der Waals surface area contributed by atoms with Crippen LogP contribution in [0.3, 0.4) is 0 Å². The van der Waals surface area contributed by atoms with Gasteiger partial charge in [-0.2, -0.15) is 0 Å². The smallest absolute Gasteiger partial charge is 0.466 e. The molecule has 0 N–H and O–H groups in total. The molecule has 0 saturated heterocycles. The van der Waals surface area contributed by atoms with E-state index in [9.17, 15) is 19.2 Å². The van der Waals surface area contributed by atoms with Crippen molar-refractivity contribution < 1.29 is 47.6 Å². The minimum absolute atomic E-state index is 0.0984. The Hall–Kier alpha value is -3.30. The average Bonchev–Trinajstić information content (AvgIpc) is 2.80. The molecule has 34 heavy (non-hydrogen) atoms. The Balaban J connectivity index is 2.27. The first-order valence-corrected chi connectivity index (χ1v) is 11.3. The van der Waals surface area contributed by atoms with Crippen LogP contribution in [0.2, 0.25) is 0 Å². The molecule has 0 spiro atoms. The number of esters is 2. The van der Waals surface area contributed by atoms with Gasteiger partial charge in [0.2, 0.25) is 0 Å². The zero-order valence-electron chi connectivity index (χ0n) is 19.8. The van der Waals surface area contributed by atoms with Crippen LogP contribution in [0.15, 0.2) is 30.3 Å². The molecule has 1 aromatic rings. The van der Waals surface area contributed by atoms with Crippen molar-refractivity contribution in [3.8, 4) is 0 Å². The fourth-order valence-corrected chi connectivity index (χ4v) is 2.92. The van der Waals surface area contributed by atoms with E-state index in [1.807, 2.05) is 30.3 Å². The first-order valence-electron chi connectivity index (χ1n) is 11.3. The molecule has 0 saturated carbocycles. The molecular weight excluding hydrogens is 448 g/mol. The van der Waals surface area contributed by atoms with E-state index >= 15 is 0 Å². The van der Waals surface area contributed by atoms with Crippen LogP contribution in [0.1, 0.15) is 57.4 Å². The lowest BCUT2D eigenvalue weighted by atomic mass is 9.92. The first kappa shape index (κ1) is 28.7. The highest BCUT2D eigenvalue weighted by atomic mass is 16.7. The fourth-order valence-electron chi connectivity index (χ4n) is 2.92. The van der Waals surface area contributed by atoms with E-state index in [4.69, 9.17) is 28.4 Å². The van der Waals surface area contributed by atoms with Crippen molar-refractivity contribution in [1.29, 1.82) is 0 Å². The molecule has 0 amide bonds. The van der Waals surface area contributed by atoms with E-state index in [1.165, 1.54) is 13.8 Å². The maximum Gasteiger partial charge on any atom is 0.508 e. The van der Waals surface area contributed by atoms with Crippen molar-refractivity contribution in [1.82, 2.24) is 0 Å². The third kappa shape index (κ3) is 15.5. The van der Waals surface area contributed by atoms with Gasteiger partial charge in [0.15, 0.2) is 0 Å². The summed E-state index contributed by atoms with van der Waals surface area (Å²) >= 11 is 0. The van der Waals surface area contributed by atoms with Gasteiger partial charge in [-0.25, -0.2) is 9.59 Å². The molecule has 0 aliphatic rings. The number of benzene rings is 1. The summed E-state index contributed by atoms with van der Waals surface area (Å²) in [5, 5.41) is 0. The zero-order valence-corrected chi connectivity index (χ0v) is 19.8. The molecule has 0 bridgehead atoms. The summed E-state index contributed by atoms with van der Waals surface area (Å²) in [5.41, 5.74) is 1.09. The number of ether oxygens (including phenoxy) is 6. The fraction of sp³-hybridized carbons (Fsp3) is 0.583. The molecule has 0 heterocycles. The van der Waals surface area contributed by atoms with Crippen LogP contribution in [0, 0.1) is 0 Å². The third-order valence-electron chi connectivity index (χ3n) is 4.50. The molecule has 1 aromatic carbocycles. The van der Waals surface area contributed by atoms with Gasteiger partial charge in [0.1, 0.15) is 0 Å². The van der Waals surface area contributed by atoms with E-state index < -0.39 is 12.3 Å². The minimum Gasteiger partial charge on any atom is -0.466 e. The summed E-state index contributed by atoms with van der Waals surface area (Å²) in [6.07, 6.45) is 1.16. The van der Waals surface area contributed by atoms with Crippen LogP contribution in [0.25, 0.3) is 0 Å². The van der Waals surface area contributed by atoms with E-state index in [-0.39, 0.29) is 57.5 Å². The molecule has 1 unspecified atom stereocenters. The molecule has 0 aliphatic heterocycles. The van der Waals surface area contributed by atoms with Gasteiger partial charge in [-0.1, -0.05) is 30.3 Å². The van der Waals surface area contributed by atoms with Gasteiger partial charge >= 0.3 is 24.2 Å². The van der Waals surface area contributed by atoms with Crippen LogP contribution in [0.5, 0.6) is 0 Å². The maximum atomic E-state index is 11.7. The Kier molecular flexibility index (Phi) is 15.3. The maximum absolute atomic E-state index is 11.7. The molecule has 0 fully saturated rings. The standard InChI is InChI=1S/C24H34O10/c1-19(25)29-14-7-16-32-23(27)31-13-6-11-22(21-9-4-3-5-10-21)12-18-34-24(28)33-17-8-15-30-20(2)26/h3-5,9-10,22H,6-8,11-18H2,1-2H3. The molecule has 0 radical (unpaired) electrons. The highest BCUT2D eigenvalue weighted by molar-refractivity contribution is 5.66. The first-order chi connectivity index (χ1) is 16.4. The Morgan fingerprint density at radius 1 is 0.588 bits per heavy atom. The highest BCUT2D eigenvalue weighted by Crippen LogP contribution is 2.25. The number of carbonyl (C=O) groups is 4. The molecule has 190 valence electrons. The molecular formula is C24H34O10. The molecule has 10 nitrogen and oxygen atoms in total. The monoisotopic (exact) mass is 482 g/mol. The molecule has 0 aliphatic carbocycles. The van der Waals surface area contributed by atoms with E-state index in [0.717, 1.165) is 5.56 Å². The van der Waals surface area contributed by atoms with E-state index in [2.05, 4.69) is 0 Å². The quantitative estimate of drug-likeness (QED) is 0.193. The van der Waals surface area contributed by atoms with E-state index in [1.54, 1.807) is 0 Å². The van der Waals surface area contributed by atoms with Crippen molar-refractivity contribution in [2.45, 2.75) is 51.9 Å². The van der Waals surface area contributed by atoms with Gasteiger partial charge in [0.05, 0.1) is 39.6 Å². The SMILES string of the molecule is CC(=O)OCCCOC(=O)OCCCC(CCOC(=O)OCCCOC(C)=O)c1ccccc1. The second-order valence-electron chi connectivity index (χ2n) is 7.32. The summed E-state index contributed by atoms with van der Waals surface area (Å²) < 4.78 is 29.6. The van der Waals surface area contributed by atoms with Gasteiger partial charge < -0.3 is 28.4 Å². The number of hydrogen-bond donors (Lipinski definition) is 0. The second kappa shape index (κ2) is 18.2. The van der Waals surface area contributed by atoms with Crippen LogP contribution < -0.4 is 0 Å². The molecule has 1 rings (SSSR count). The zero-order chi connectivity index (χ0) is 25.0. The topological polar surface area (TPSA) is 124 Å². The number of carbonyl (C=O) groups excluding carboxylic acids is 4. The van der Waals surface area contributed by atoms with Gasteiger partial charge in [-0.15, -0.1) is 0 Å². The third-order valence-corrected chi connectivity index (χ3v) is 4.50. The van der Waals surface area contributed by atoms with Crippen molar-refractivity contribution in [2.24, 2.45) is 0 Å². The van der Waals surface area contributed by atoms with Crippen molar-refractivity contribution in [2.75, 3.05) is 39.6 Å². The van der Waals surface area contributed by atoms with Gasteiger partial charge in [0.25, 0.3) is 0 Å². The van der Waals surface area contributed by atoms with Crippen LogP contribution in [-0.4, -0.2) is 63.9 Å². The summed E-state index contributed by atoms with van der Waals surface area (Å²) in [7, 11) is 0. The largest absolute Gasteiger partial charge is 0.508 e. The van der Waals surface area contributed by atoms with Gasteiger partial charge in [-0.3, -0.25) is 9.59 Å². The van der Waals surface area contributed by atoms with Crippen LogP contribution >= 0.6 is 0 Å². The normalized spacial score (nSPS) is 11.1. The average molecular weight is 483 g/mol. The van der Waals surface area contributed by atoms with Crippen LogP contribution in [0.4, 0.5) is 9.59 Å². The minimum atomic E-state index is -0.769. The summed E-state index contributed by atoms with van der Waals surface area (Å²) in [4.78, 5) is 44.6. The van der Waals surface area contributed by atoms with Crippen molar-refractivity contribution >= 4 is 24.2 Å². The molecule has 1 atom stereocenters. The van der Waals surface area contributed by atoms with Crippen molar-refractivity contribution in [3.63, 3.8) is 0 Å². The van der Waals surface area contributed by atoms with Crippen molar-refractivity contribution in [3.05, 3.63) is 35.9 Å². The predicted molar refractivity (Wildman–Crippen MR) is 120 cm³/mol.